The fourth-order valence-corrected chi connectivity index (χ4v) is 4.16. The van der Waals surface area contributed by atoms with Crippen molar-refractivity contribution in [2.45, 2.75) is 26.2 Å². The van der Waals surface area contributed by atoms with Crippen molar-refractivity contribution in [1.82, 2.24) is 4.98 Å². The van der Waals surface area contributed by atoms with Crippen LogP contribution in [-0.4, -0.2) is 10.8 Å². The lowest BCUT2D eigenvalue weighted by Gasteiger charge is -2.06. The molecule has 1 aliphatic carbocycles. The molecule has 4 heteroatoms. The Morgan fingerprint density at radius 2 is 2.25 bits per heavy atom. The van der Waals surface area contributed by atoms with Gasteiger partial charge in [-0.2, -0.15) is 0 Å². The monoisotopic (exact) mass is 249 g/mol. The first-order valence-electron chi connectivity index (χ1n) is 5.33. The number of aromatic nitrogens is 1. The molecule has 2 aromatic heterocycles. The van der Waals surface area contributed by atoms with Crippen LogP contribution in [0.3, 0.4) is 0 Å². The van der Waals surface area contributed by atoms with Crippen molar-refractivity contribution in [3.63, 3.8) is 0 Å². The third-order valence-corrected chi connectivity index (χ3v) is 5.11. The van der Waals surface area contributed by atoms with Crippen LogP contribution in [0.25, 0.3) is 9.88 Å². The summed E-state index contributed by atoms with van der Waals surface area (Å²) in [6, 6.07) is 2.10. The molecular weight excluding hydrogens is 238 g/mol. The highest BCUT2D eigenvalue weighted by atomic mass is 32.1. The van der Waals surface area contributed by atoms with Crippen LogP contribution in [-0.2, 0) is 6.42 Å². The van der Waals surface area contributed by atoms with Crippen molar-refractivity contribution in [3.8, 4) is 9.88 Å². The Labute approximate surface area is 102 Å². The molecule has 0 saturated heterocycles. The van der Waals surface area contributed by atoms with Gasteiger partial charge in [0.25, 0.3) is 0 Å². The van der Waals surface area contributed by atoms with Gasteiger partial charge < -0.3 is 0 Å². The van der Waals surface area contributed by atoms with E-state index in [-0.39, 0.29) is 5.78 Å². The minimum atomic E-state index is 0.220. The van der Waals surface area contributed by atoms with Gasteiger partial charge in [0.15, 0.2) is 5.78 Å². The fraction of sp³-hybridized carbons (Fsp3) is 0.333. The lowest BCUT2D eigenvalue weighted by molar-refractivity contribution is 0.0968. The number of Topliss-reactive ketones (excluding diaryl/α,β-unsaturated/α-hetero) is 1. The standard InChI is InChI=1S/C12H11NOS2/c1-7-5-6-15-11(7)12-13-10-8(14)3-2-4-9(10)16-12/h5-6H,2-4H2,1H3. The van der Waals surface area contributed by atoms with Crippen LogP contribution in [0.5, 0.6) is 0 Å². The number of aryl methyl sites for hydroxylation is 2. The maximum Gasteiger partial charge on any atom is 0.182 e. The van der Waals surface area contributed by atoms with Crippen molar-refractivity contribution >= 4 is 28.5 Å². The van der Waals surface area contributed by atoms with Crippen LogP contribution >= 0.6 is 22.7 Å². The number of hydrogen-bond donors (Lipinski definition) is 0. The molecule has 3 rings (SSSR count). The van der Waals surface area contributed by atoms with Gasteiger partial charge in [0.05, 0.1) is 4.88 Å². The molecule has 0 aromatic carbocycles. The van der Waals surface area contributed by atoms with Crippen LogP contribution in [0.2, 0.25) is 0 Å². The zero-order valence-electron chi connectivity index (χ0n) is 8.95. The summed E-state index contributed by atoms with van der Waals surface area (Å²) >= 11 is 3.39. The summed E-state index contributed by atoms with van der Waals surface area (Å²) in [5.74, 6) is 0.220. The average Bonchev–Trinajstić information content (AvgIpc) is 2.84. The minimum absolute atomic E-state index is 0.220. The number of carbonyl (C=O) groups is 1. The number of thiophene rings is 1. The summed E-state index contributed by atoms with van der Waals surface area (Å²) in [4.78, 5) is 18.6. The lowest BCUT2D eigenvalue weighted by atomic mass is 10.0. The molecule has 2 heterocycles. The van der Waals surface area contributed by atoms with E-state index in [9.17, 15) is 4.79 Å². The van der Waals surface area contributed by atoms with E-state index < -0.39 is 0 Å². The van der Waals surface area contributed by atoms with E-state index in [1.54, 1.807) is 22.7 Å². The molecule has 1 aliphatic rings. The zero-order valence-corrected chi connectivity index (χ0v) is 10.6. The molecule has 0 amide bonds. The molecule has 0 unspecified atom stereocenters. The van der Waals surface area contributed by atoms with E-state index in [1.165, 1.54) is 15.3 Å². The Morgan fingerprint density at radius 3 is 2.94 bits per heavy atom. The normalized spacial score (nSPS) is 15.2. The van der Waals surface area contributed by atoms with Gasteiger partial charge in [0, 0.05) is 11.3 Å². The number of nitrogens with zero attached hydrogens (tertiary/aromatic N) is 1. The average molecular weight is 249 g/mol. The predicted molar refractivity (Wildman–Crippen MR) is 67.4 cm³/mol. The number of rotatable bonds is 1. The highest BCUT2D eigenvalue weighted by Gasteiger charge is 2.23. The van der Waals surface area contributed by atoms with Crippen LogP contribution in [0.15, 0.2) is 11.4 Å². The molecule has 82 valence electrons. The number of ketones is 1. The molecule has 0 spiro atoms. The van der Waals surface area contributed by atoms with Gasteiger partial charge in [0.2, 0.25) is 0 Å². The Balaban J connectivity index is 2.11. The second-order valence-electron chi connectivity index (χ2n) is 4.00. The maximum atomic E-state index is 11.7. The maximum absolute atomic E-state index is 11.7. The third-order valence-electron chi connectivity index (χ3n) is 2.83. The van der Waals surface area contributed by atoms with Crippen molar-refractivity contribution in [1.29, 1.82) is 0 Å². The molecule has 0 N–H and O–H groups in total. The molecule has 0 atom stereocenters. The zero-order chi connectivity index (χ0) is 11.1. The molecule has 2 nitrogen and oxygen atoms in total. The minimum Gasteiger partial charge on any atom is -0.292 e. The van der Waals surface area contributed by atoms with Gasteiger partial charge in [-0.3, -0.25) is 4.79 Å². The van der Waals surface area contributed by atoms with E-state index in [2.05, 4.69) is 23.4 Å². The second kappa shape index (κ2) is 3.79. The van der Waals surface area contributed by atoms with Crippen LogP contribution in [0, 0.1) is 6.92 Å². The third kappa shape index (κ3) is 1.53. The fourth-order valence-electron chi connectivity index (χ4n) is 1.96. The number of fused-ring (bicyclic) bond motifs is 1. The Bertz CT molecular complexity index is 553. The highest BCUT2D eigenvalue weighted by molar-refractivity contribution is 7.21. The Morgan fingerprint density at radius 1 is 1.38 bits per heavy atom. The summed E-state index contributed by atoms with van der Waals surface area (Å²) in [7, 11) is 0. The molecule has 0 radical (unpaired) electrons. The Kier molecular flexibility index (Phi) is 2.41. The summed E-state index contributed by atoms with van der Waals surface area (Å²) in [6.45, 7) is 2.09. The molecule has 0 fully saturated rings. The van der Waals surface area contributed by atoms with Gasteiger partial charge in [-0.05, 0) is 36.8 Å². The first kappa shape index (κ1) is 10.2. The van der Waals surface area contributed by atoms with Gasteiger partial charge in [-0.1, -0.05) is 0 Å². The second-order valence-corrected chi connectivity index (χ2v) is 6.00. The highest BCUT2D eigenvalue weighted by Crippen LogP contribution is 2.36. The molecule has 0 aliphatic heterocycles. The van der Waals surface area contributed by atoms with Crippen molar-refractivity contribution < 1.29 is 4.79 Å². The topological polar surface area (TPSA) is 30.0 Å². The quantitative estimate of drug-likeness (QED) is 0.771. The van der Waals surface area contributed by atoms with Crippen LogP contribution in [0.4, 0.5) is 0 Å². The van der Waals surface area contributed by atoms with Crippen molar-refractivity contribution in [2.24, 2.45) is 0 Å². The molecule has 16 heavy (non-hydrogen) atoms. The smallest absolute Gasteiger partial charge is 0.182 e. The number of hydrogen-bond acceptors (Lipinski definition) is 4. The van der Waals surface area contributed by atoms with Gasteiger partial charge >= 0.3 is 0 Å². The first-order chi connectivity index (χ1) is 7.75. The van der Waals surface area contributed by atoms with E-state index in [0.29, 0.717) is 6.42 Å². The van der Waals surface area contributed by atoms with Crippen molar-refractivity contribution in [3.05, 3.63) is 27.6 Å². The van der Waals surface area contributed by atoms with E-state index in [1.807, 2.05) is 0 Å². The van der Waals surface area contributed by atoms with E-state index in [4.69, 9.17) is 0 Å². The number of carbonyl (C=O) groups excluding carboxylic acids is 1. The number of thiazole rings is 1. The summed E-state index contributed by atoms with van der Waals surface area (Å²) < 4.78 is 0. The van der Waals surface area contributed by atoms with Crippen LogP contribution in [0.1, 0.15) is 33.8 Å². The van der Waals surface area contributed by atoms with Gasteiger partial charge in [0.1, 0.15) is 10.7 Å². The predicted octanol–water partition coefficient (Wildman–Crippen LogP) is 3.70. The Hall–Kier alpha value is -1.00. The first-order valence-corrected chi connectivity index (χ1v) is 7.02. The molecule has 2 aromatic rings. The van der Waals surface area contributed by atoms with Gasteiger partial charge in [-0.15, -0.1) is 22.7 Å². The summed E-state index contributed by atoms with van der Waals surface area (Å²) in [5.41, 5.74) is 1.99. The lowest BCUT2D eigenvalue weighted by Crippen LogP contribution is -2.08. The summed E-state index contributed by atoms with van der Waals surface area (Å²) in [6.07, 6.45) is 2.67. The van der Waals surface area contributed by atoms with Crippen molar-refractivity contribution in [2.75, 3.05) is 0 Å². The molecular formula is C12H11NOS2. The van der Waals surface area contributed by atoms with Crippen LogP contribution < -0.4 is 0 Å². The largest absolute Gasteiger partial charge is 0.292 e. The molecule has 0 saturated carbocycles. The van der Waals surface area contributed by atoms with Gasteiger partial charge in [-0.25, -0.2) is 4.98 Å². The summed E-state index contributed by atoms with van der Waals surface area (Å²) in [5, 5.41) is 3.10. The van der Waals surface area contributed by atoms with E-state index >= 15 is 0 Å². The molecule has 0 bridgehead atoms. The van der Waals surface area contributed by atoms with E-state index in [0.717, 1.165) is 23.5 Å². The SMILES string of the molecule is Cc1ccsc1-c1nc2c(s1)CCCC2=O.